The van der Waals surface area contributed by atoms with Crippen LogP contribution in [0.25, 0.3) is 0 Å². The molecule has 0 unspecified atom stereocenters. The van der Waals surface area contributed by atoms with Crippen LogP contribution in [-0.2, 0) is 3.84 Å². The molecule has 0 aromatic heterocycles. The molecule has 0 spiro atoms. The van der Waals surface area contributed by atoms with Gasteiger partial charge in [0.05, 0.1) is 23.7 Å². The van der Waals surface area contributed by atoms with E-state index in [0.29, 0.717) is 0 Å². The maximum atomic E-state index is 4.26. The molecular weight excluding hydrogens is 310 g/mol. The minimum atomic E-state index is 0. The summed E-state index contributed by atoms with van der Waals surface area (Å²) in [4.78, 5) is 0. The van der Waals surface area contributed by atoms with Crippen molar-refractivity contribution in [3.8, 4) is 0 Å². The predicted octanol–water partition coefficient (Wildman–Crippen LogP) is -0.430. The Kier molecular flexibility index (Phi) is 58.3. The van der Waals surface area contributed by atoms with E-state index in [1.165, 1.54) is 0 Å². The van der Waals surface area contributed by atoms with Gasteiger partial charge < -0.3 is 5.48 Å². The van der Waals surface area contributed by atoms with Crippen LogP contribution < -0.4 is 0 Å². The summed E-state index contributed by atoms with van der Waals surface area (Å²) in [6.45, 7) is 0. The van der Waals surface area contributed by atoms with Gasteiger partial charge in [-0.1, -0.05) is 0 Å². The Hall–Kier alpha value is 1.42. The summed E-state index contributed by atoms with van der Waals surface area (Å²) < 4.78 is 3.19. The third-order valence-electron chi connectivity index (χ3n) is 0. The van der Waals surface area contributed by atoms with Gasteiger partial charge in [-0.2, -0.15) is 3.84 Å². The van der Waals surface area contributed by atoms with E-state index in [-0.39, 0.29) is 32.8 Å². The summed E-state index contributed by atoms with van der Waals surface area (Å²) in [6, 6.07) is 0. The van der Waals surface area contributed by atoms with Gasteiger partial charge in [0, 0.05) is 0 Å². The Balaban J connectivity index is -0.0000000200. The molecule has 0 aliphatic carbocycles. The van der Waals surface area contributed by atoms with Crippen LogP contribution >= 0.6 is 23.7 Å². The summed E-state index contributed by atoms with van der Waals surface area (Å²) in [5, 5.41) is 0. The van der Waals surface area contributed by atoms with Gasteiger partial charge in [0.25, 0.3) is 0 Å². The van der Waals surface area contributed by atoms with Crippen molar-refractivity contribution in [3.05, 3.63) is 0 Å². The number of hydrogen-bond acceptors (Lipinski definition) is 1. The monoisotopic (exact) mass is 314 g/mol. The van der Waals surface area contributed by atoms with Gasteiger partial charge in [-0.15, -0.1) is 0 Å². The van der Waals surface area contributed by atoms with Crippen LogP contribution in [0.2, 0.25) is 0 Å². The topological polar surface area (TPSA) is 40.7 Å². The molecule has 0 heterocycles. The van der Waals surface area contributed by atoms with Gasteiger partial charge in [-0.3, -0.25) is 0 Å². The van der Waals surface area contributed by atoms with E-state index in [2.05, 4.69) is 27.6 Å². The van der Waals surface area contributed by atoms with E-state index in [1.807, 2.05) is 0 Å². The van der Waals surface area contributed by atoms with E-state index in [4.69, 9.17) is 0 Å². The van der Waals surface area contributed by atoms with Gasteiger partial charge in [-0.05, 0) is 0 Å². The van der Waals surface area contributed by atoms with Crippen molar-refractivity contribution in [2.24, 2.45) is 0 Å². The van der Waals surface area contributed by atoms with Crippen LogP contribution in [0.4, 0.5) is 0 Å². The zero-order chi connectivity index (χ0) is 2.71. The van der Waals surface area contributed by atoms with Crippen molar-refractivity contribution in [2.75, 3.05) is 0 Å². The average Bonchev–Trinajstić information content (AvgIpc) is 0.918. The standard InChI is InChI=1S/Cl2O.H2O.Pb.2H/c1-3-2;;;;/h;1H2;;;. The second kappa shape index (κ2) is 18.1. The van der Waals surface area contributed by atoms with Crippen LogP contribution in [0.1, 0.15) is 0 Å². The first-order valence-corrected chi connectivity index (χ1v) is 0.926. The molecule has 2 radical (unpaired) electrons. The Morgan fingerprint density at radius 3 is 1.20 bits per heavy atom. The molecule has 5 heteroatoms. The third-order valence-corrected chi connectivity index (χ3v) is 0. The fourth-order valence-electron chi connectivity index (χ4n) is 0. The molecule has 0 fully saturated rings. The SMILES string of the molecule is ClOCl.O.[PbH2]. The molecule has 0 bridgehead atoms. The summed E-state index contributed by atoms with van der Waals surface area (Å²) >= 11 is 8.53. The molecule has 2 nitrogen and oxygen atoms in total. The molecule has 0 aliphatic rings. The zero-order valence-electron chi connectivity index (χ0n) is 2.37. The Bertz CT molecular complexity index is 7.61. The fraction of sp³-hybridized carbons (Fsp3) is 0. The fourth-order valence-corrected chi connectivity index (χ4v) is 0. The van der Waals surface area contributed by atoms with Crippen molar-refractivity contribution in [2.45, 2.75) is 0 Å². The quantitative estimate of drug-likeness (QED) is 0.560. The second-order valence-corrected chi connectivity index (χ2v) is 0.525. The van der Waals surface area contributed by atoms with E-state index in [0.717, 1.165) is 0 Å². The molecule has 34 valence electrons. The first kappa shape index (κ1) is 16.1. The van der Waals surface area contributed by atoms with Gasteiger partial charge in [0.1, 0.15) is 0 Å². The molecule has 0 atom stereocenters. The minimum absolute atomic E-state index is 0. The van der Waals surface area contributed by atoms with Gasteiger partial charge >= 0.3 is 27.3 Å². The summed E-state index contributed by atoms with van der Waals surface area (Å²) in [6.07, 6.45) is 0. The van der Waals surface area contributed by atoms with E-state index >= 15 is 0 Å². The first-order valence-electron chi connectivity index (χ1n) is 0.309. The molecule has 5 heavy (non-hydrogen) atoms. The number of halogens is 2. The maximum absolute atomic E-state index is 4.26. The summed E-state index contributed by atoms with van der Waals surface area (Å²) in [5.41, 5.74) is 0. The molecule has 0 aromatic carbocycles. The van der Waals surface area contributed by atoms with Crippen LogP contribution in [-0.4, -0.2) is 32.8 Å². The normalized spacial score (nSPS) is 3.60. The van der Waals surface area contributed by atoms with Gasteiger partial charge in [-0.25, -0.2) is 0 Å². The molecule has 0 saturated heterocycles. The zero-order valence-corrected chi connectivity index (χ0v) is 9.38. The van der Waals surface area contributed by atoms with E-state index in [1.54, 1.807) is 0 Å². The van der Waals surface area contributed by atoms with Crippen molar-refractivity contribution < 1.29 is 9.32 Å². The van der Waals surface area contributed by atoms with Crippen LogP contribution in [0, 0.1) is 0 Å². The first-order chi connectivity index (χ1) is 1.41. The van der Waals surface area contributed by atoms with Crippen LogP contribution in [0.3, 0.4) is 0 Å². The molecule has 0 rings (SSSR count). The number of rotatable bonds is 0. The summed E-state index contributed by atoms with van der Waals surface area (Å²) in [5.74, 6) is 0. The molecular formula is H4Cl2O2Pb. The molecule has 2 N–H and O–H groups in total. The number of hydrogen-bond donors (Lipinski definition) is 0. The van der Waals surface area contributed by atoms with Crippen molar-refractivity contribution in [1.29, 1.82) is 0 Å². The average molecular weight is 314 g/mol. The van der Waals surface area contributed by atoms with Crippen molar-refractivity contribution in [1.82, 2.24) is 0 Å². The predicted molar refractivity (Wildman–Crippen MR) is 24.9 cm³/mol. The third kappa shape index (κ3) is 31.4. The van der Waals surface area contributed by atoms with E-state index in [9.17, 15) is 0 Å². The second-order valence-electron chi connectivity index (χ2n) is 0.0583. The molecule has 0 amide bonds. The van der Waals surface area contributed by atoms with Gasteiger partial charge in [0.2, 0.25) is 0 Å². The Labute approximate surface area is 60.2 Å². The molecule has 0 aromatic rings. The van der Waals surface area contributed by atoms with Crippen molar-refractivity contribution in [3.63, 3.8) is 0 Å². The Morgan fingerprint density at radius 1 is 1.20 bits per heavy atom. The van der Waals surface area contributed by atoms with Crippen molar-refractivity contribution >= 4 is 51.0 Å². The van der Waals surface area contributed by atoms with Crippen LogP contribution in [0.5, 0.6) is 0 Å². The van der Waals surface area contributed by atoms with Crippen LogP contribution in [0.15, 0.2) is 0 Å². The Morgan fingerprint density at radius 2 is 1.20 bits per heavy atom. The molecule has 0 aliphatic heterocycles. The summed E-state index contributed by atoms with van der Waals surface area (Å²) in [7, 11) is 0. The van der Waals surface area contributed by atoms with Gasteiger partial charge in [0.15, 0.2) is 0 Å². The molecule has 0 saturated carbocycles. The van der Waals surface area contributed by atoms with E-state index < -0.39 is 0 Å².